The molecule has 1 aliphatic rings. The quantitative estimate of drug-likeness (QED) is 0.869. The second-order valence-corrected chi connectivity index (χ2v) is 5.66. The Balaban J connectivity index is 1.68. The van der Waals surface area contributed by atoms with E-state index in [1.165, 1.54) is 6.42 Å². The number of amides is 1. The second-order valence-electron chi connectivity index (χ2n) is 5.66. The summed E-state index contributed by atoms with van der Waals surface area (Å²) in [6.45, 7) is 2.98. The standard InChI is InChI=1S/C17H20N2O2/c1-13-7-5-6-10-19(13)17(20)12-15-11-16(21-18-15)14-8-3-2-4-9-14/h2-4,8-9,11,13H,5-7,10,12H2,1H3. The van der Waals surface area contributed by atoms with Crippen molar-refractivity contribution in [2.75, 3.05) is 6.54 Å². The zero-order chi connectivity index (χ0) is 14.7. The zero-order valence-electron chi connectivity index (χ0n) is 12.3. The van der Waals surface area contributed by atoms with Gasteiger partial charge in [0.15, 0.2) is 5.76 Å². The van der Waals surface area contributed by atoms with Gasteiger partial charge in [0, 0.05) is 24.2 Å². The molecule has 4 nitrogen and oxygen atoms in total. The van der Waals surface area contributed by atoms with E-state index in [-0.39, 0.29) is 5.91 Å². The summed E-state index contributed by atoms with van der Waals surface area (Å²) in [7, 11) is 0. The van der Waals surface area contributed by atoms with E-state index in [1.54, 1.807) is 0 Å². The van der Waals surface area contributed by atoms with Crippen LogP contribution in [0.1, 0.15) is 31.9 Å². The molecule has 110 valence electrons. The first-order valence-corrected chi connectivity index (χ1v) is 7.54. The van der Waals surface area contributed by atoms with Gasteiger partial charge in [-0.05, 0) is 26.2 Å². The van der Waals surface area contributed by atoms with Crippen molar-refractivity contribution in [1.29, 1.82) is 0 Å². The molecule has 0 radical (unpaired) electrons. The number of rotatable bonds is 3. The van der Waals surface area contributed by atoms with Crippen LogP contribution in [-0.2, 0) is 11.2 Å². The van der Waals surface area contributed by atoms with Crippen molar-refractivity contribution >= 4 is 5.91 Å². The molecule has 21 heavy (non-hydrogen) atoms. The van der Waals surface area contributed by atoms with E-state index in [0.717, 1.165) is 24.9 Å². The smallest absolute Gasteiger partial charge is 0.228 e. The lowest BCUT2D eigenvalue weighted by atomic mass is 10.0. The van der Waals surface area contributed by atoms with Crippen LogP contribution in [0.25, 0.3) is 11.3 Å². The van der Waals surface area contributed by atoms with E-state index < -0.39 is 0 Å². The van der Waals surface area contributed by atoms with E-state index in [9.17, 15) is 4.79 Å². The van der Waals surface area contributed by atoms with Crippen LogP contribution in [-0.4, -0.2) is 28.6 Å². The summed E-state index contributed by atoms with van der Waals surface area (Å²) in [4.78, 5) is 14.3. The predicted molar refractivity (Wildman–Crippen MR) is 80.7 cm³/mol. The number of hydrogen-bond donors (Lipinski definition) is 0. The van der Waals surface area contributed by atoms with Gasteiger partial charge >= 0.3 is 0 Å². The molecule has 0 aliphatic carbocycles. The van der Waals surface area contributed by atoms with Gasteiger partial charge in [-0.3, -0.25) is 4.79 Å². The maximum absolute atomic E-state index is 12.4. The van der Waals surface area contributed by atoms with Crippen LogP contribution in [0, 0.1) is 0 Å². The van der Waals surface area contributed by atoms with Crippen molar-refractivity contribution in [3.8, 4) is 11.3 Å². The van der Waals surface area contributed by atoms with Crippen LogP contribution in [0.2, 0.25) is 0 Å². The Morgan fingerprint density at radius 2 is 2.14 bits per heavy atom. The van der Waals surface area contributed by atoms with E-state index in [2.05, 4.69) is 12.1 Å². The normalized spacial score (nSPS) is 18.7. The molecule has 0 bridgehead atoms. The van der Waals surface area contributed by atoms with Gasteiger partial charge in [-0.2, -0.15) is 0 Å². The summed E-state index contributed by atoms with van der Waals surface area (Å²) in [5.74, 6) is 0.861. The molecule has 1 aromatic carbocycles. The molecule has 1 unspecified atom stereocenters. The lowest BCUT2D eigenvalue weighted by Gasteiger charge is -2.33. The molecule has 1 atom stereocenters. The molecule has 4 heteroatoms. The Hall–Kier alpha value is -2.10. The topological polar surface area (TPSA) is 46.3 Å². The average molecular weight is 284 g/mol. The summed E-state index contributed by atoms with van der Waals surface area (Å²) < 4.78 is 5.35. The van der Waals surface area contributed by atoms with Gasteiger partial charge in [-0.1, -0.05) is 35.5 Å². The molecule has 1 amide bonds. The van der Waals surface area contributed by atoms with Crippen molar-refractivity contribution in [2.45, 2.75) is 38.6 Å². The predicted octanol–water partition coefficient (Wildman–Crippen LogP) is 3.29. The van der Waals surface area contributed by atoms with E-state index in [1.807, 2.05) is 41.3 Å². The fourth-order valence-corrected chi connectivity index (χ4v) is 2.86. The highest BCUT2D eigenvalue weighted by Crippen LogP contribution is 2.21. The van der Waals surface area contributed by atoms with Crippen LogP contribution in [0.3, 0.4) is 0 Å². The van der Waals surface area contributed by atoms with Gasteiger partial charge in [0.25, 0.3) is 0 Å². The number of carbonyl (C=O) groups is 1. The third-order valence-corrected chi connectivity index (χ3v) is 4.07. The minimum absolute atomic E-state index is 0.148. The number of piperidine rings is 1. The summed E-state index contributed by atoms with van der Waals surface area (Å²) in [5, 5.41) is 4.03. The molecule has 3 rings (SSSR count). The van der Waals surface area contributed by atoms with Crippen LogP contribution in [0.4, 0.5) is 0 Å². The van der Waals surface area contributed by atoms with E-state index in [4.69, 9.17) is 4.52 Å². The van der Waals surface area contributed by atoms with Gasteiger partial charge in [0.05, 0.1) is 12.1 Å². The SMILES string of the molecule is CC1CCCCN1C(=O)Cc1cc(-c2ccccc2)on1. The Bertz CT molecular complexity index is 606. The van der Waals surface area contributed by atoms with Crippen LogP contribution in [0.15, 0.2) is 40.9 Å². The first kappa shape index (κ1) is 13.9. The molecule has 0 N–H and O–H groups in total. The minimum Gasteiger partial charge on any atom is -0.356 e. The fraction of sp³-hybridized carbons (Fsp3) is 0.412. The van der Waals surface area contributed by atoms with E-state index >= 15 is 0 Å². The number of hydrogen-bond acceptors (Lipinski definition) is 3. The van der Waals surface area contributed by atoms with Crippen molar-refractivity contribution in [2.24, 2.45) is 0 Å². The third kappa shape index (κ3) is 3.15. The second kappa shape index (κ2) is 6.12. The largest absolute Gasteiger partial charge is 0.356 e. The lowest BCUT2D eigenvalue weighted by Crippen LogP contribution is -2.42. The monoisotopic (exact) mass is 284 g/mol. The molecule has 2 aromatic rings. The first-order valence-electron chi connectivity index (χ1n) is 7.54. The molecular weight excluding hydrogens is 264 g/mol. The van der Waals surface area contributed by atoms with Gasteiger partial charge in [0.2, 0.25) is 5.91 Å². The van der Waals surface area contributed by atoms with Crippen LogP contribution >= 0.6 is 0 Å². The summed E-state index contributed by atoms with van der Waals surface area (Å²) in [6.07, 6.45) is 3.73. The van der Waals surface area contributed by atoms with Crippen LogP contribution < -0.4 is 0 Å². The maximum Gasteiger partial charge on any atom is 0.228 e. The molecule has 1 fully saturated rings. The Morgan fingerprint density at radius 1 is 1.33 bits per heavy atom. The highest BCUT2D eigenvalue weighted by atomic mass is 16.5. The zero-order valence-corrected chi connectivity index (χ0v) is 12.3. The number of benzene rings is 1. The first-order chi connectivity index (χ1) is 10.2. The molecule has 0 spiro atoms. The van der Waals surface area contributed by atoms with Crippen LogP contribution in [0.5, 0.6) is 0 Å². The molecule has 1 aliphatic heterocycles. The van der Waals surface area contributed by atoms with Gasteiger partial charge < -0.3 is 9.42 Å². The van der Waals surface area contributed by atoms with Crippen molar-refractivity contribution < 1.29 is 9.32 Å². The summed E-state index contributed by atoms with van der Waals surface area (Å²) in [5.41, 5.74) is 1.69. The summed E-state index contributed by atoms with van der Waals surface area (Å²) in [6, 6.07) is 12.0. The Morgan fingerprint density at radius 3 is 2.90 bits per heavy atom. The third-order valence-electron chi connectivity index (χ3n) is 4.07. The average Bonchev–Trinajstić information content (AvgIpc) is 2.97. The van der Waals surface area contributed by atoms with Gasteiger partial charge in [-0.15, -0.1) is 0 Å². The fourth-order valence-electron chi connectivity index (χ4n) is 2.86. The minimum atomic E-state index is 0.148. The van der Waals surface area contributed by atoms with Gasteiger partial charge in [0.1, 0.15) is 0 Å². The Labute approximate surface area is 124 Å². The Kier molecular flexibility index (Phi) is 4.04. The highest BCUT2D eigenvalue weighted by molar-refractivity contribution is 5.79. The molecule has 1 saturated heterocycles. The van der Waals surface area contributed by atoms with Crippen molar-refractivity contribution in [1.82, 2.24) is 10.1 Å². The van der Waals surface area contributed by atoms with Gasteiger partial charge in [-0.25, -0.2) is 0 Å². The lowest BCUT2D eigenvalue weighted by molar-refractivity contribution is -0.133. The van der Waals surface area contributed by atoms with E-state index in [0.29, 0.717) is 23.9 Å². The molecule has 0 saturated carbocycles. The number of likely N-dealkylation sites (tertiary alicyclic amines) is 1. The summed E-state index contributed by atoms with van der Waals surface area (Å²) >= 11 is 0. The van der Waals surface area contributed by atoms with Crippen molar-refractivity contribution in [3.63, 3.8) is 0 Å². The molecule has 1 aromatic heterocycles. The maximum atomic E-state index is 12.4. The molecule has 2 heterocycles. The number of carbonyl (C=O) groups excluding carboxylic acids is 1. The molecular formula is C17H20N2O2. The number of nitrogens with zero attached hydrogens (tertiary/aromatic N) is 2. The number of aromatic nitrogens is 1. The highest BCUT2D eigenvalue weighted by Gasteiger charge is 2.24. The van der Waals surface area contributed by atoms with Crippen molar-refractivity contribution in [3.05, 3.63) is 42.1 Å².